The second-order valence-electron chi connectivity index (χ2n) is 7.65. The lowest BCUT2D eigenvalue weighted by Gasteiger charge is -2.39. The average Bonchev–Trinajstić information content (AvgIpc) is 3.09. The van der Waals surface area contributed by atoms with E-state index in [4.69, 9.17) is 16.3 Å². The SMILES string of the molecule is CCN1C(=O)C(=C/C=C/C=C2\Oc3ccc(Cl)cc3N2CC(C)S(=O)(=O)O)C(=O)N(CC)C1O. The quantitative estimate of drug-likeness (QED) is 0.324. The predicted octanol–water partition coefficient (Wildman–Crippen LogP) is 2.13. The van der Waals surface area contributed by atoms with Crippen molar-refractivity contribution in [3.8, 4) is 5.75 Å². The molecule has 3 rings (SSSR count). The van der Waals surface area contributed by atoms with Crippen LogP contribution in [0.4, 0.5) is 5.69 Å². The van der Waals surface area contributed by atoms with Crippen LogP contribution in [-0.4, -0.2) is 70.9 Å². The maximum atomic E-state index is 12.6. The van der Waals surface area contributed by atoms with E-state index in [1.165, 1.54) is 41.0 Å². The Morgan fingerprint density at radius 1 is 1.12 bits per heavy atom. The van der Waals surface area contributed by atoms with Gasteiger partial charge >= 0.3 is 0 Å². The molecule has 34 heavy (non-hydrogen) atoms. The van der Waals surface area contributed by atoms with Crippen LogP contribution < -0.4 is 9.64 Å². The summed E-state index contributed by atoms with van der Waals surface area (Å²) in [5, 5.41) is 9.54. The molecule has 2 aliphatic heterocycles. The minimum atomic E-state index is -4.29. The van der Waals surface area contributed by atoms with Crippen LogP contribution in [-0.2, 0) is 19.7 Å². The average molecular weight is 512 g/mol. The van der Waals surface area contributed by atoms with Crippen molar-refractivity contribution in [1.29, 1.82) is 0 Å². The normalized spacial score (nSPS) is 20.9. The number of halogens is 1. The summed E-state index contributed by atoms with van der Waals surface area (Å²) < 4.78 is 38.3. The van der Waals surface area contributed by atoms with Crippen LogP contribution in [0, 0.1) is 0 Å². The van der Waals surface area contributed by atoms with E-state index in [0.717, 1.165) is 0 Å². The molecule has 0 aliphatic carbocycles. The maximum Gasteiger partial charge on any atom is 0.269 e. The molecule has 1 aromatic rings. The molecule has 1 fully saturated rings. The summed E-state index contributed by atoms with van der Waals surface area (Å²) in [4.78, 5) is 29.1. The third kappa shape index (κ3) is 5.12. The van der Waals surface area contributed by atoms with Gasteiger partial charge in [-0.25, -0.2) is 0 Å². The number of nitrogens with zero attached hydrogens (tertiary/aromatic N) is 3. The Balaban J connectivity index is 1.89. The second kappa shape index (κ2) is 10.2. The van der Waals surface area contributed by atoms with Crippen LogP contribution >= 0.6 is 11.6 Å². The van der Waals surface area contributed by atoms with Gasteiger partial charge in [0, 0.05) is 24.7 Å². The van der Waals surface area contributed by atoms with Gasteiger partial charge in [0.15, 0.2) is 5.75 Å². The Morgan fingerprint density at radius 2 is 1.71 bits per heavy atom. The standard InChI is InChI=1S/C22H26ClN3O7S/c1-4-24-20(27)16(21(28)25(5-2)22(24)29)8-6-7-9-19-26(13-14(3)34(30,31)32)17-12-15(23)10-11-18(17)33-19/h6-12,14,22,29H,4-5,13H2,1-3H3,(H,30,31,32)/b7-6+,16-8?,19-9-. The molecule has 184 valence electrons. The van der Waals surface area contributed by atoms with Gasteiger partial charge < -0.3 is 14.7 Å². The molecule has 0 spiro atoms. The van der Waals surface area contributed by atoms with E-state index in [0.29, 0.717) is 16.5 Å². The van der Waals surface area contributed by atoms with Gasteiger partial charge in [-0.2, -0.15) is 8.42 Å². The highest BCUT2D eigenvalue weighted by atomic mass is 35.5. The minimum absolute atomic E-state index is 0.0945. The van der Waals surface area contributed by atoms with Gasteiger partial charge in [-0.1, -0.05) is 23.8 Å². The minimum Gasteiger partial charge on any atom is -0.439 e. The maximum absolute atomic E-state index is 12.6. The Labute approximate surface area is 203 Å². The molecule has 10 nitrogen and oxygen atoms in total. The highest BCUT2D eigenvalue weighted by molar-refractivity contribution is 7.86. The van der Waals surface area contributed by atoms with E-state index in [2.05, 4.69) is 0 Å². The monoisotopic (exact) mass is 511 g/mol. The molecule has 1 saturated heterocycles. The van der Waals surface area contributed by atoms with Crippen molar-refractivity contribution in [2.24, 2.45) is 0 Å². The Bertz CT molecular complexity index is 1150. The van der Waals surface area contributed by atoms with Crippen molar-refractivity contribution in [2.45, 2.75) is 32.4 Å². The van der Waals surface area contributed by atoms with Crippen LogP contribution in [0.25, 0.3) is 0 Å². The van der Waals surface area contributed by atoms with E-state index < -0.39 is 33.5 Å². The Morgan fingerprint density at radius 3 is 2.26 bits per heavy atom. The third-order valence-corrected chi connectivity index (χ3v) is 6.88. The molecule has 0 bridgehead atoms. The van der Waals surface area contributed by atoms with E-state index in [9.17, 15) is 27.7 Å². The number of ether oxygens (including phenoxy) is 1. The van der Waals surface area contributed by atoms with E-state index in [-0.39, 0.29) is 31.1 Å². The molecule has 2 heterocycles. The number of carbonyl (C=O) groups is 2. The van der Waals surface area contributed by atoms with Crippen molar-refractivity contribution in [3.05, 3.63) is 59.0 Å². The van der Waals surface area contributed by atoms with Crippen molar-refractivity contribution in [3.63, 3.8) is 0 Å². The molecule has 1 aromatic carbocycles. The number of likely N-dealkylation sites (N-methyl/N-ethyl adjacent to an activating group) is 2. The van der Waals surface area contributed by atoms with Crippen LogP contribution in [0.15, 0.2) is 54.0 Å². The smallest absolute Gasteiger partial charge is 0.269 e. The van der Waals surface area contributed by atoms with Crippen molar-refractivity contribution in [2.75, 3.05) is 24.5 Å². The zero-order valence-electron chi connectivity index (χ0n) is 18.9. The molecule has 2 amide bonds. The zero-order valence-corrected chi connectivity index (χ0v) is 20.5. The highest BCUT2D eigenvalue weighted by Crippen LogP contribution is 2.41. The molecule has 2 aliphatic rings. The molecular weight excluding hydrogens is 486 g/mol. The molecule has 1 unspecified atom stereocenters. The van der Waals surface area contributed by atoms with Crippen LogP contribution in [0.1, 0.15) is 20.8 Å². The summed E-state index contributed by atoms with van der Waals surface area (Å²) in [5.41, 5.74) is 0.438. The third-order valence-electron chi connectivity index (χ3n) is 5.47. The molecule has 12 heteroatoms. The lowest BCUT2D eigenvalue weighted by molar-refractivity contribution is -0.173. The van der Waals surface area contributed by atoms with Gasteiger partial charge in [-0.15, -0.1) is 0 Å². The number of aliphatic hydroxyl groups excluding tert-OH is 1. The van der Waals surface area contributed by atoms with Crippen molar-refractivity contribution >= 4 is 39.2 Å². The first kappa shape index (κ1) is 25.8. The number of aliphatic hydroxyl groups is 1. The number of allylic oxidation sites excluding steroid dienone is 4. The van der Waals surface area contributed by atoms with Crippen LogP contribution in [0.5, 0.6) is 5.75 Å². The Hall–Kier alpha value is -2.86. The summed E-state index contributed by atoms with van der Waals surface area (Å²) in [5.74, 6) is -0.437. The van der Waals surface area contributed by atoms with Gasteiger partial charge in [0.05, 0.1) is 5.69 Å². The van der Waals surface area contributed by atoms with Crippen LogP contribution in [0.2, 0.25) is 5.02 Å². The van der Waals surface area contributed by atoms with Gasteiger partial charge in [-0.05, 0) is 51.1 Å². The first-order valence-electron chi connectivity index (χ1n) is 10.6. The second-order valence-corrected chi connectivity index (χ2v) is 9.92. The number of anilines is 1. The number of rotatable bonds is 7. The molecule has 0 radical (unpaired) electrons. The fourth-order valence-corrected chi connectivity index (χ4v) is 4.07. The Kier molecular flexibility index (Phi) is 7.71. The summed E-state index contributed by atoms with van der Waals surface area (Å²) in [7, 11) is -4.29. The van der Waals surface area contributed by atoms with Crippen LogP contribution in [0.3, 0.4) is 0 Å². The first-order chi connectivity index (χ1) is 16.0. The predicted molar refractivity (Wildman–Crippen MR) is 127 cm³/mol. The number of fused-ring (bicyclic) bond motifs is 1. The molecular formula is C22H26ClN3O7S. The lowest BCUT2D eigenvalue weighted by Crippen LogP contribution is -2.59. The van der Waals surface area contributed by atoms with Gasteiger partial charge in [0.2, 0.25) is 12.2 Å². The lowest BCUT2D eigenvalue weighted by atomic mass is 10.1. The van der Waals surface area contributed by atoms with E-state index in [1.54, 1.807) is 36.9 Å². The topological polar surface area (TPSA) is 128 Å². The van der Waals surface area contributed by atoms with E-state index >= 15 is 0 Å². The van der Waals surface area contributed by atoms with Gasteiger partial charge in [0.1, 0.15) is 10.8 Å². The van der Waals surface area contributed by atoms with Gasteiger partial charge in [-0.3, -0.25) is 23.9 Å². The van der Waals surface area contributed by atoms with E-state index in [1.807, 2.05) is 0 Å². The molecule has 0 aromatic heterocycles. The molecule has 1 atom stereocenters. The molecule has 2 N–H and O–H groups in total. The number of amides is 2. The summed E-state index contributed by atoms with van der Waals surface area (Å²) in [6, 6.07) is 4.88. The summed E-state index contributed by atoms with van der Waals surface area (Å²) in [6.07, 6.45) is 4.57. The zero-order chi connectivity index (χ0) is 25.2. The molecule has 0 saturated carbocycles. The number of carbonyl (C=O) groups excluding carboxylic acids is 2. The van der Waals surface area contributed by atoms with Crippen molar-refractivity contribution in [1.82, 2.24) is 9.80 Å². The van der Waals surface area contributed by atoms with Crippen molar-refractivity contribution < 1.29 is 32.4 Å². The largest absolute Gasteiger partial charge is 0.439 e. The summed E-state index contributed by atoms with van der Waals surface area (Å²) in [6.45, 7) is 5.12. The summed E-state index contributed by atoms with van der Waals surface area (Å²) >= 11 is 6.08. The van der Waals surface area contributed by atoms with Gasteiger partial charge in [0.25, 0.3) is 21.9 Å². The fourth-order valence-electron chi connectivity index (χ4n) is 3.56. The number of hydrogen-bond acceptors (Lipinski definition) is 7. The first-order valence-corrected chi connectivity index (χ1v) is 12.5. The number of hydrogen-bond donors (Lipinski definition) is 2. The fraction of sp³-hybridized carbons (Fsp3) is 0.364. The number of benzene rings is 1. The highest BCUT2D eigenvalue weighted by Gasteiger charge is 2.39.